The zero-order chi connectivity index (χ0) is 11.5. The number of hydrogen-bond acceptors (Lipinski definition) is 5. The molecule has 0 aromatic carbocycles. The highest BCUT2D eigenvalue weighted by Crippen LogP contribution is 2.13. The number of carbonyl (C=O) groups excluding carboxylic acids is 1. The summed E-state index contributed by atoms with van der Waals surface area (Å²) in [5, 5.41) is 4.38. The molecular weight excluding hydrogens is 231 g/mol. The van der Waals surface area contributed by atoms with E-state index in [9.17, 15) is 9.18 Å². The van der Waals surface area contributed by atoms with Crippen LogP contribution < -0.4 is 11.1 Å². The number of carbonyl (C=O) groups is 1. The molecule has 7 heteroatoms. The molecule has 0 saturated heterocycles. The van der Waals surface area contributed by atoms with Crippen LogP contribution in [-0.2, 0) is 0 Å². The minimum atomic E-state index is -0.601. The van der Waals surface area contributed by atoms with Crippen molar-refractivity contribution < 1.29 is 9.18 Å². The number of hydrogen-bond donors (Lipinski definition) is 2. The third kappa shape index (κ3) is 2.31. The topological polar surface area (TPSA) is 80.9 Å². The van der Waals surface area contributed by atoms with Crippen molar-refractivity contribution in [1.29, 1.82) is 0 Å². The van der Waals surface area contributed by atoms with Crippen molar-refractivity contribution in [2.45, 2.75) is 0 Å². The van der Waals surface area contributed by atoms with Crippen LogP contribution >= 0.6 is 11.3 Å². The van der Waals surface area contributed by atoms with Gasteiger partial charge < -0.3 is 11.1 Å². The highest BCUT2D eigenvalue weighted by atomic mass is 32.1. The van der Waals surface area contributed by atoms with Crippen molar-refractivity contribution >= 4 is 28.1 Å². The molecule has 1 amide bonds. The molecule has 0 aliphatic heterocycles. The molecule has 82 valence electrons. The average Bonchev–Trinajstić information content (AvgIpc) is 2.68. The van der Waals surface area contributed by atoms with E-state index in [4.69, 9.17) is 5.73 Å². The summed E-state index contributed by atoms with van der Waals surface area (Å²) in [7, 11) is 0. The van der Waals surface area contributed by atoms with E-state index >= 15 is 0 Å². The van der Waals surface area contributed by atoms with E-state index in [0.717, 1.165) is 6.07 Å². The number of nitrogens with zero attached hydrogens (tertiary/aromatic N) is 2. The van der Waals surface area contributed by atoms with Gasteiger partial charge in [0.25, 0.3) is 5.91 Å². The van der Waals surface area contributed by atoms with Gasteiger partial charge in [-0.1, -0.05) is 0 Å². The van der Waals surface area contributed by atoms with Crippen LogP contribution in [0.1, 0.15) is 10.5 Å². The van der Waals surface area contributed by atoms with Crippen LogP contribution in [0.2, 0.25) is 0 Å². The lowest BCUT2D eigenvalue weighted by molar-refractivity contribution is 0.102. The molecule has 0 radical (unpaired) electrons. The smallest absolute Gasteiger partial charge is 0.275 e. The summed E-state index contributed by atoms with van der Waals surface area (Å²) in [6.45, 7) is 0. The SMILES string of the molecule is Nc1nc(C(=O)Nc2ccc(F)nc2)cs1. The summed E-state index contributed by atoms with van der Waals surface area (Å²) in [4.78, 5) is 18.8. The van der Waals surface area contributed by atoms with Gasteiger partial charge in [0.1, 0.15) is 5.69 Å². The molecule has 16 heavy (non-hydrogen) atoms. The fourth-order valence-corrected chi connectivity index (χ4v) is 1.58. The number of nitrogens with one attached hydrogen (secondary N) is 1. The first-order chi connectivity index (χ1) is 7.65. The maximum atomic E-state index is 12.5. The fourth-order valence-electron chi connectivity index (χ4n) is 1.04. The Morgan fingerprint density at radius 1 is 1.50 bits per heavy atom. The molecule has 2 rings (SSSR count). The van der Waals surface area contributed by atoms with Gasteiger partial charge in [-0.25, -0.2) is 9.97 Å². The second-order valence-corrected chi connectivity index (χ2v) is 3.78. The Morgan fingerprint density at radius 2 is 2.31 bits per heavy atom. The summed E-state index contributed by atoms with van der Waals surface area (Å²) in [6, 6.07) is 2.57. The van der Waals surface area contributed by atoms with Gasteiger partial charge in [0.05, 0.1) is 11.9 Å². The van der Waals surface area contributed by atoms with Crippen molar-refractivity contribution in [2.75, 3.05) is 11.1 Å². The van der Waals surface area contributed by atoms with Gasteiger partial charge in [-0.2, -0.15) is 4.39 Å². The zero-order valence-corrected chi connectivity index (χ0v) is 8.79. The first-order valence-corrected chi connectivity index (χ1v) is 5.17. The largest absolute Gasteiger partial charge is 0.375 e. The third-order valence-corrected chi connectivity index (χ3v) is 2.41. The van der Waals surface area contributed by atoms with Crippen LogP contribution in [-0.4, -0.2) is 15.9 Å². The first kappa shape index (κ1) is 10.5. The quantitative estimate of drug-likeness (QED) is 0.777. The van der Waals surface area contributed by atoms with Crippen LogP contribution in [0.3, 0.4) is 0 Å². The first-order valence-electron chi connectivity index (χ1n) is 4.29. The zero-order valence-electron chi connectivity index (χ0n) is 7.98. The maximum absolute atomic E-state index is 12.5. The Bertz CT molecular complexity index is 510. The molecule has 3 N–H and O–H groups in total. The Balaban J connectivity index is 2.10. The summed E-state index contributed by atoms with van der Waals surface area (Å²) in [6.07, 6.45) is 1.23. The Kier molecular flexibility index (Phi) is 2.78. The van der Waals surface area contributed by atoms with Crippen molar-refractivity contribution in [3.8, 4) is 0 Å². The van der Waals surface area contributed by atoms with E-state index in [0.29, 0.717) is 10.8 Å². The van der Waals surface area contributed by atoms with Gasteiger partial charge >= 0.3 is 0 Å². The lowest BCUT2D eigenvalue weighted by atomic mass is 10.4. The molecular formula is C9H7FN4OS. The molecule has 2 aromatic heterocycles. The Hall–Kier alpha value is -2.02. The number of aromatic nitrogens is 2. The molecule has 2 heterocycles. The predicted molar refractivity (Wildman–Crippen MR) is 58.7 cm³/mol. The highest BCUT2D eigenvalue weighted by molar-refractivity contribution is 7.13. The number of nitrogens with two attached hydrogens (primary N) is 1. The lowest BCUT2D eigenvalue weighted by Crippen LogP contribution is -2.12. The number of halogens is 1. The molecule has 0 spiro atoms. The summed E-state index contributed by atoms with van der Waals surface area (Å²) in [5.41, 5.74) is 6.02. The van der Waals surface area contributed by atoms with Gasteiger partial charge in [0.2, 0.25) is 5.95 Å². The van der Waals surface area contributed by atoms with Crippen molar-refractivity contribution in [3.05, 3.63) is 35.4 Å². The van der Waals surface area contributed by atoms with Crippen LogP contribution in [0.5, 0.6) is 0 Å². The minimum Gasteiger partial charge on any atom is -0.375 e. The monoisotopic (exact) mass is 238 g/mol. The van der Waals surface area contributed by atoms with Gasteiger partial charge in [-0.3, -0.25) is 4.79 Å². The summed E-state index contributed by atoms with van der Waals surface area (Å²) >= 11 is 1.18. The number of anilines is 2. The number of thiazole rings is 1. The van der Waals surface area contributed by atoms with Gasteiger partial charge in [0.15, 0.2) is 5.13 Å². The van der Waals surface area contributed by atoms with E-state index < -0.39 is 11.9 Å². The molecule has 0 aliphatic rings. The molecule has 0 bridgehead atoms. The van der Waals surface area contributed by atoms with Crippen molar-refractivity contribution in [1.82, 2.24) is 9.97 Å². The normalized spacial score (nSPS) is 10.1. The maximum Gasteiger partial charge on any atom is 0.275 e. The van der Waals surface area contributed by atoms with Gasteiger partial charge in [-0.15, -0.1) is 11.3 Å². The van der Waals surface area contributed by atoms with E-state index in [-0.39, 0.29) is 5.69 Å². The minimum absolute atomic E-state index is 0.229. The summed E-state index contributed by atoms with van der Waals surface area (Å²) < 4.78 is 12.5. The fraction of sp³-hybridized carbons (Fsp3) is 0. The lowest BCUT2D eigenvalue weighted by Gasteiger charge is -2.01. The average molecular weight is 238 g/mol. The second kappa shape index (κ2) is 4.23. The van der Waals surface area contributed by atoms with Crippen LogP contribution in [0, 0.1) is 5.95 Å². The van der Waals surface area contributed by atoms with E-state index in [1.165, 1.54) is 23.6 Å². The number of pyridine rings is 1. The van der Waals surface area contributed by atoms with Gasteiger partial charge in [0, 0.05) is 5.38 Å². The van der Waals surface area contributed by atoms with Crippen molar-refractivity contribution in [2.24, 2.45) is 0 Å². The Labute approximate surface area is 94.1 Å². The molecule has 0 atom stereocenters. The number of rotatable bonds is 2. The van der Waals surface area contributed by atoms with Gasteiger partial charge in [-0.05, 0) is 12.1 Å². The Morgan fingerprint density at radius 3 is 2.88 bits per heavy atom. The van der Waals surface area contributed by atoms with E-state index in [1.807, 2.05) is 0 Å². The highest BCUT2D eigenvalue weighted by Gasteiger charge is 2.09. The van der Waals surface area contributed by atoms with E-state index in [1.54, 1.807) is 5.38 Å². The number of nitrogen functional groups attached to an aromatic ring is 1. The molecule has 0 saturated carbocycles. The molecule has 0 aliphatic carbocycles. The molecule has 2 aromatic rings. The molecule has 5 nitrogen and oxygen atoms in total. The van der Waals surface area contributed by atoms with Crippen LogP contribution in [0.4, 0.5) is 15.2 Å². The predicted octanol–water partition coefficient (Wildman–Crippen LogP) is 1.51. The van der Waals surface area contributed by atoms with Crippen LogP contribution in [0.15, 0.2) is 23.7 Å². The second-order valence-electron chi connectivity index (χ2n) is 2.89. The summed E-state index contributed by atoms with van der Waals surface area (Å²) in [5.74, 6) is -1.00. The van der Waals surface area contributed by atoms with Crippen LogP contribution in [0.25, 0.3) is 0 Å². The standard InChI is InChI=1S/C9H7FN4OS/c10-7-2-1-5(3-12-7)13-8(15)6-4-16-9(11)14-6/h1-4H,(H2,11,14)(H,13,15). The molecule has 0 unspecified atom stereocenters. The van der Waals surface area contributed by atoms with E-state index in [2.05, 4.69) is 15.3 Å². The van der Waals surface area contributed by atoms with Crippen molar-refractivity contribution in [3.63, 3.8) is 0 Å². The number of amides is 1. The molecule has 0 fully saturated rings. The third-order valence-electron chi connectivity index (χ3n) is 1.74.